The van der Waals surface area contributed by atoms with Gasteiger partial charge in [-0.3, -0.25) is 0 Å². The lowest BCUT2D eigenvalue weighted by Gasteiger charge is -2.04. The summed E-state index contributed by atoms with van der Waals surface area (Å²) in [6.07, 6.45) is 3.61. The summed E-state index contributed by atoms with van der Waals surface area (Å²) in [5, 5.41) is 0. The average molecular weight is 285 g/mol. The summed E-state index contributed by atoms with van der Waals surface area (Å²) in [6, 6.07) is 9.18. The van der Waals surface area contributed by atoms with Crippen LogP contribution < -0.4 is 5.73 Å². The van der Waals surface area contributed by atoms with Gasteiger partial charge in [-0.2, -0.15) is 0 Å². The fourth-order valence-electron chi connectivity index (χ4n) is 2.01. The van der Waals surface area contributed by atoms with Crippen LogP contribution in [-0.2, 0) is 11.3 Å². The molecule has 0 saturated carbocycles. The first-order chi connectivity index (χ1) is 10.1. The van der Waals surface area contributed by atoms with Gasteiger partial charge in [0, 0.05) is 18.1 Å². The Morgan fingerprint density at radius 1 is 1.33 bits per heavy atom. The third-order valence-corrected chi connectivity index (χ3v) is 2.92. The lowest BCUT2D eigenvalue weighted by atomic mass is 10.2. The first kappa shape index (κ1) is 13.1. The Labute approximate surface area is 119 Å². The van der Waals surface area contributed by atoms with Crippen LogP contribution in [0.4, 0.5) is 10.1 Å². The van der Waals surface area contributed by atoms with Crippen LogP contribution in [0.5, 0.6) is 0 Å². The minimum absolute atomic E-state index is 0.0108. The Morgan fingerprint density at radius 3 is 2.95 bits per heavy atom. The van der Waals surface area contributed by atoms with Crippen molar-refractivity contribution < 1.29 is 13.9 Å². The molecule has 0 saturated heterocycles. The van der Waals surface area contributed by atoms with Gasteiger partial charge in [0.05, 0.1) is 11.3 Å². The maximum Gasteiger partial charge on any atom is 0.338 e. The van der Waals surface area contributed by atoms with Gasteiger partial charge >= 0.3 is 5.97 Å². The van der Waals surface area contributed by atoms with Gasteiger partial charge < -0.3 is 14.9 Å². The van der Waals surface area contributed by atoms with Crippen LogP contribution in [0.3, 0.4) is 0 Å². The van der Waals surface area contributed by atoms with E-state index in [0.717, 1.165) is 17.8 Å². The summed E-state index contributed by atoms with van der Waals surface area (Å²) in [5.74, 6) is -1.21. The van der Waals surface area contributed by atoms with Crippen molar-refractivity contribution in [1.29, 1.82) is 0 Å². The van der Waals surface area contributed by atoms with E-state index in [2.05, 4.69) is 4.98 Å². The molecule has 106 valence electrons. The summed E-state index contributed by atoms with van der Waals surface area (Å²) in [5.41, 5.74) is 7.12. The molecule has 0 atom stereocenters. The molecule has 0 aliphatic heterocycles. The van der Waals surface area contributed by atoms with E-state index in [1.807, 2.05) is 28.8 Å². The number of rotatable bonds is 3. The second kappa shape index (κ2) is 5.24. The Hall–Kier alpha value is -2.89. The zero-order chi connectivity index (χ0) is 14.8. The van der Waals surface area contributed by atoms with Crippen molar-refractivity contribution in [3.05, 3.63) is 65.9 Å². The van der Waals surface area contributed by atoms with Crippen molar-refractivity contribution in [2.24, 2.45) is 0 Å². The van der Waals surface area contributed by atoms with Crippen molar-refractivity contribution in [3.8, 4) is 0 Å². The van der Waals surface area contributed by atoms with Crippen molar-refractivity contribution >= 4 is 17.3 Å². The van der Waals surface area contributed by atoms with Crippen molar-refractivity contribution in [1.82, 2.24) is 9.38 Å². The van der Waals surface area contributed by atoms with Gasteiger partial charge in [0.25, 0.3) is 0 Å². The predicted molar refractivity (Wildman–Crippen MR) is 75.1 cm³/mol. The Bertz CT molecular complexity index is 760. The highest BCUT2D eigenvalue weighted by Crippen LogP contribution is 2.13. The monoisotopic (exact) mass is 285 g/mol. The smallest absolute Gasteiger partial charge is 0.338 e. The number of aromatic nitrogens is 2. The molecule has 2 heterocycles. The van der Waals surface area contributed by atoms with Crippen LogP contribution in [-0.4, -0.2) is 15.4 Å². The first-order valence-corrected chi connectivity index (χ1v) is 6.27. The molecule has 0 bridgehead atoms. The predicted octanol–water partition coefficient (Wildman–Crippen LogP) is 2.41. The number of hydrogen-bond donors (Lipinski definition) is 1. The molecule has 2 aromatic heterocycles. The molecule has 1 aromatic carbocycles. The lowest BCUT2D eigenvalue weighted by molar-refractivity contribution is 0.0468. The van der Waals surface area contributed by atoms with Gasteiger partial charge in [0.1, 0.15) is 18.1 Å². The molecule has 0 fully saturated rings. The maximum atomic E-state index is 13.2. The average Bonchev–Trinajstić information content (AvgIpc) is 2.86. The minimum atomic E-state index is -0.641. The topological polar surface area (TPSA) is 69.6 Å². The van der Waals surface area contributed by atoms with Crippen LogP contribution in [0, 0.1) is 5.82 Å². The van der Waals surface area contributed by atoms with E-state index in [1.165, 1.54) is 6.07 Å². The number of benzene rings is 1. The fraction of sp³-hybridized carbons (Fsp3) is 0.0667. The molecule has 0 aliphatic rings. The quantitative estimate of drug-likeness (QED) is 0.592. The number of nitrogens with zero attached hydrogens (tertiary/aromatic N) is 2. The van der Waals surface area contributed by atoms with E-state index in [0.29, 0.717) is 5.69 Å². The van der Waals surface area contributed by atoms with Gasteiger partial charge in [0.15, 0.2) is 0 Å². The van der Waals surface area contributed by atoms with Crippen LogP contribution >= 0.6 is 0 Å². The second-order valence-electron chi connectivity index (χ2n) is 4.55. The molecule has 6 heteroatoms. The molecular weight excluding hydrogens is 273 g/mol. The molecule has 2 N–H and O–H groups in total. The van der Waals surface area contributed by atoms with E-state index in [1.54, 1.807) is 6.20 Å². The number of nitrogen functional groups attached to an aromatic ring is 1. The van der Waals surface area contributed by atoms with Gasteiger partial charge in [-0.05, 0) is 30.3 Å². The molecule has 3 aromatic rings. The third kappa shape index (κ3) is 2.84. The number of pyridine rings is 1. The van der Waals surface area contributed by atoms with Gasteiger partial charge in [-0.1, -0.05) is 6.07 Å². The largest absolute Gasteiger partial charge is 0.456 e. The molecule has 0 amide bonds. The molecule has 0 spiro atoms. The van der Waals surface area contributed by atoms with E-state index in [-0.39, 0.29) is 17.9 Å². The fourth-order valence-corrected chi connectivity index (χ4v) is 2.01. The summed E-state index contributed by atoms with van der Waals surface area (Å²) >= 11 is 0. The number of fused-ring (bicyclic) bond motifs is 1. The van der Waals surface area contributed by atoms with Gasteiger partial charge in [-0.25, -0.2) is 14.2 Å². The van der Waals surface area contributed by atoms with Gasteiger partial charge in [0.2, 0.25) is 0 Å². The van der Waals surface area contributed by atoms with E-state index >= 15 is 0 Å². The van der Waals surface area contributed by atoms with E-state index < -0.39 is 11.8 Å². The number of halogens is 1. The number of imidazole rings is 1. The summed E-state index contributed by atoms with van der Waals surface area (Å²) in [4.78, 5) is 16.2. The minimum Gasteiger partial charge on any atom is -0.456 e. The number of ether oxygens (including phenoxy) is 1. The summed E-state index contributed by atoms with van der Waals surface area (Å²) in [7, 11) is 0. The molecule has 21 heavy (non-hydrogen) atoms. The Kier molecular flexibility index (Phi) is 3.27. The highest BCUT2D eigenvalue weighted by molar-refractivity contribution is 5.90. The highest BCUT2D eigenvalue weighted by atomic mass is 19.1. The molecule has 5 nitrogen and oxygen atoms in total. The number of esters is 1. The molecule has 0 unspecified atom stereocenters. The van der Waals surface area contributed by atoms with Crippen LogP contribution in [0.25, 0.3) is 5.65 Å². The number of nitrogens with two attached hydrogens (primary N) is 1. The number of hydrogen-bond acceptors (Lipinski definition) is 4. The van der Waals surface area contributed by atoms with Crippen molar-refractivity contribution in [2.75, 3.05) is 5.73 Å². The van der Waals surface area contributed by atoms with Crippen molar-refractivity contribution in [3.63, 3.8) is 0 Å². The van der Waals surface area contributed by atoms with Crippen LogP contribution in [0.2, 0.25) is 0 Å². The number of anilines is 1. The van der Waals surface area contributed by atoms with E-state index in [9.17, 15) is 9.18 Å². The standard InChI is InChI=1S/C15H12FN3O2/c16-11-5-10(6-12(17)7-11)15(20)21-9-13-8-19-4-2-1-3-14(19)18-13/h1-8H,9,17H2. The highest BCUT2D eigenvalue weighted by Gasteiger charge is 2.11. The normalized spacial score (nSPS) is 10.7. The summed E-state index contributed by atoms with van der Waals surface area (Å²) < 4.78 is 20.1. The molecule has 0 aliphatic carbocycles. The Morgan fingerprint density at radius 2 is 2.19 bits per heavy atom. The number of carbonyl (C=O) groups excluding carboxylic acids is 1. The zero-order valence-corrected chi connectivity index (χ0v) is 11.0. The first-order valence-electron chi connectivity index (χ1n) is 6.27. The molecule has 0 radical (unpaired) electrons. The van der Waals surface area contributed by atoms with Crippen molar-refractivity contribution in [2.45, 2.75) is 6.61 Å². The van der Waals surface area contributed by atoms with Crippen LogP contribution in [0.15, 0.2) is 48.8 Å². The lowest BCUT2D eigenvalue weighted by Crippen LogP contribution is -2.06. The maximum absolute atomic E-state index is 13.2. The zero-order valence-electron chi connectivity index (χ0n) is 11.0. The SMILES string of the molecule is Nc1cc(F)cc(C(=O)OCc2cn3ccccc3n2)c1. The third-order valence-electron chi connectivity index (χ3n) is 2.92. The molecule has 3 rings (SSSR count). The second-order valence-corrected chi connectivity index (χ2v) is 4.55. The van der Waals surface area contributed by atoms with Gasteiger partial charge in [-0.15, -0.1) is 0 Å². The van der Waals surface area contributed by atoms with E-state index in [4.69, 9.17) is 10.5 Å². The number of carbonyl (C=O) groups is 1. The molecular formula is C15H12FN3O2. The Balaban J connectivity index is 1.73. The summed E-state index contributed by atoms with van der Waals surface area (Å²) in [6.45, 7) is 0.0108. The van der Waals surface area contributed by atoms with Crippen LogP contribution in [0.1, 0.15) is 16.1 Å².